The van der Waals surface area contributed by atoms with Crippen LogP contribution in [0, 0.1) is 11.8 Å². The summed E-state index contributed by atoms with van der Waals surface area (Å²) in [6, 6.07) is 0.283. The number of rotatable bonds is 6. The smallest absolute Gasteiger partial charge is 0.306 e. The molecule has 1 aliphatic carbocycles. The number of carbonyl (C=O) groups excluding carboxylic acids is 1. The molecule has 1 aliphatic rings. The predicted molar refractivity (Wildman–Crippen MR) is 69.2 cm³/mol. The van der Waals surface area contributed by atoms with Crippen molar-refractivity contribution in [1.29, 1.82) is 0 Å². The number of amides is 1. The second-order valence-corrected chi connectivity index (χ2v) is 5.47. The van der Waals surface area contributed by atoms with Crippen molar-refractivity contribution >= 4 is 11.9 Å². The quantitative estimate of drug-likeness (QED) is 0.662. The van der Waals surface area contributed by atoms with Crippen LogP contribution in [0.4, 0.5) is 0 Å². The van der Waals surface area contributed by atoms with Crippen LogP contribution >= 0.6 is 0 Å². The lowest BCUT2D eigenvalue weighted by atomic mass is 9.86. The molecular weight excluding hydrogens is 232 g/mol. The molecule has 0 unspecified atom stereocenters. The summed E-state index contributed by atoms with van der Waals surface area (Å²) in [4.78, 5) is 22.3. The summed E-state index contributed by atoms with van der Waals surface area (Å²) in [6.07, 6.45) is 3.10. The van der Waals surface area contributed by atoms with Crippen molar-refractivity contribution in [2.24, 2.45) is 11.8 Å². The van der Waals surface area contributed by atoms with E-state index in [0.717, 1.165) is 12.8 Å². The fraction of sp³-hybridized carbons (Fsp3) is 0.846. The van der Waals surface area contributed by atoms with E-state index < -0.39 is 5.97 Å². The number of hydrogen-bond donors (Lipinski definition) is 3. The van der Waals surface area contributed by atoms with E-state index in [4.69, 9.17) is 5.11 Å². The molecule has 0 aromatic heterocycles. The molecule has 0 radical (unpaired) electrons. The molecule has 0 heterocycles. The largest absolute Gasteiger partial charge is 0.481 e. The van der Waals surface area contributed by atoms with Crippen molar-refractivity contribution in [2.45, 2.75) is 45.6 Å². The van der Waals surface area contributed by atoms with E-state index >= 15 is 0 Å². The summed E-state index contributed by atoms with van der Waals surface area (Å²) in [6.45, 7) is 5.14. The molecular formula is C13H24N2O3. The van der Waals surface area contributed by atoms with Gasteiger partial charge in [0.15, 0.2) is 0 Å². The highest BCUT2D eigenvalue weighted by molar-refractivity contribution is 5.78. The van der Waals surface area contributed by atoms with Crippen molar-refractivity contribution in [3.05, 3.63) is 0 Å². The van der Waals surface area contributed by atoms with Gasteiger partial charge in [-0.1, -0.05) is 13.8 Å². The molecule has 104 valence electrons. The Morgan fingerprint density at radius 1 is 1.22 bits per heavy atom. The first-order valence-corrected chi connectivity index (χ1v) is 6.72. The van der Waals surface area contributed by atoms with Crippen LogP contribution in [-0.2, 0) is 9.59 Å². The molecule has 5 heteroatoms. The molecule has 0 aromatic rings. The highest BCUT2D eigenvalue weighted by atomic mass is 16.4. The maximum atomic E-state index is 11.5. The minimum absolute atomic E-state index is 0.0176. The van der Waals surface area contributed by atoms with Gasteiger partial charge in [-0.2, -0.15) is 0 Å². The Morgan fingerprint density at radius 2 is 1.83 bits per heavy atom. The monoisotopic (exact) mass is 256 g/mol. The summed E-state index contributed by atoms with van der Waals surface area (Å²) in [5.41, 5.74) is 0. The Morgan fingerprint density at radius 3 is 2.33 bits per heavy atom. The fourth-order valence-corrected chi connectivity index (χ4v) is 2.16. The van der Waals surface area contributed by atoms with Crippen LogP contribution in [0.15, 0.2) is 0 Å². The molecule has 1 amide bonds. The van der Waals surface area contributed by atoms with Crippen molar-refractivity contribution in [2.75, 3.05) is 13.1 Å². The van der Waals surface area contributed by atoms with Gasteiger partial charge in [0, 0.05) is 12.6 Å². The second-order valence-electron chi connectivity index (χ2n) is 5.47. The number of carbonyl (C=O) groups is 2. The number of nitrogens with one attached hydrogen (secondary N) is 2. The van der Waals surface area contributed by atoms with Crippen LogP contribution in [0.3, 0.4) is 0 Å². The van der Waals surface area contributed by atoms with Gasteiger partial charge in [-0.25, -0.2) is 0 Å². The zero-order valence-electron chi connectivity index (χ0n) is 11.2. The molecule has 1 rings (SSSR count). The number of carboxylic acids is 1. The topological polar surface area (TPSA) is 78.4 Å². The lowest BCUT2D eigenvalue weighted by Crippen LogP contribution is -2.42. The standard InChI is InChI=1S/C13H24N2O3/c1-9(2)7-15-12(16)8-14-11-5-3-10(4-6-11)13(17)18/h9-11,14H,3-8H2,1-2H3,(H,15,16)(H,17,18). The SMILES string of the molecule is CC(C)CNC(=O)CNC1CCC(C(=O)O)CC1. The molecule has 1 saturated carbocycles. The average molecular weight is 256 g/mol. The lowest BCUT2D eigenvalue weighted by Gasteiger charge is -2.26. The molecule has 3 N–H and O–H groups in total. The van der Waals surface area contributed by atoms with E-state index in [9.17, 15) is 9.59 Å². The molecule has 0 saturated heterocycles. The van der Waals surface area contributed by atoms with Gasteiger partial charge in [0.25, 0.3) is 0 Å². The van der Waals surface area contributed by atoms with Gasteiger partial charge in [0.05, 0.1) is 12.5 Å². The fourth-order valence-electron chi connectivity index (χ4n) is 2.16. The van der Waals surface area contributed by atoms with Gasteiger partial charge >= 0.3 is 5.97 Å². The number of carboxylic acid groups (broad SMARTS) is 1. The third-order valence-electron chi connectivity index (χ3n) is 3.34. The van der Waals surface area contributed by atoms with Crippen LogP contribution in [0.5, 0.6) is 0 Å². The van der Waals surface area contributed by atoms with Crippen LogP contribution in [0.1, 0.15) is 39.5 Å². The zero-order chi connectivity index (χ0) is 13.5. The Bertz CT molecular complexity index is 284. The lowest BCUT2D eigenvalue weighted by molar-refractivity contribution is -0.143. The predicted octanol–water partition coefficient (Wildman–Crippen LogP) is 0.992. The van der Waals surface area contributed by atoms with Crippen LogP contribution in [0.2, 0.25) is 0 Å². The van der Waals surface area contributed by atoms with E-state index in [1.165, 1.54) is 0 Å². The van der Waals surface area contributed by atoms with Crippen LogP contribution < -0.4 is 10.6 Å². The van der Waals surface area contributed by atoms with Gasteiger partial charge in [-0.05, 0) is 31.6 Å². The summed E-state index contributed by atoms with van der Waals surface area (Å²) >= 11 is 0. The summed E-state index contributed by atoms with van der Waals surface area (Å²) in [5.74, 6) is -0.412. The minimum atomic E-state index is -0.692. The molecule has 18 heavy (non-hydrogen) atoms. The van der Waals surface area contributed by atoms with Crippen molar-refractivity contribution in [3.8, 4) is 0 Å². The highest BCUT2D eigenvalue weighted by Crippen LogP contribution is 2.24. The third kappa shape index (κ3) is 5.49. The van der Waals surface area contributed by atoms with Gasteiger partial charge in [-0.15, -0.1) is 0 Å². The molecule has 0 bridgehead atoms. The Balaban J connectivity index is 2.14. The Labute approximate surface area is 108 Å². The summed E-state index contributed by atoms with van der Waals surface area (Å²) < 4.78 is 0. The maximum Gasteiger partial charge on any atom is 0.306 e. The highest BCUT2D eigenvalue weighted by Gasteiger charge is 2.25. The number of hydrogen-bond acceptors (Lipinski definition) is 3. The van der Waals surface area contributed by atoms with Crippen molar-refractivity contribution < 1.29 is 14.7 Å². The first-order valence-electron chi connectivity index (χ1n) is 6.72. The van der Waals surface area contributed by atoms with Crippen molar-refractivity contribution in [3.63, 3.8) is 0 Å². The van der Waals surface area contributed by atoms with Gasteiger partial charge in [0.1, 0.15) is 0 Å². The van der Waals surface area contributed by atoms with Gasteiger partial charge in [0.2, 0.25) is 5.91 Å². The van der Waals surface area contributed by atoms with E-state index in [2.05, 4.69) is 24.5 Å². The van der Waals surface area contributed by atoms with Crippen LogP contribution in [0.25, 0.3) is 0 Å². The molecule has 0 atom stereocenters. The first kappa shape index (κ1) is 15.0. The van der Waals surface area contributed by atoms with E-state index in [0.29, 0.717) is 31.8 Å². The maximum absolute atomic E-state index is 11.5. The number of aliphatic carboxylic acids is 1. The van der Waals surface area contributed by atoms with Gasteiger partial charge in [-0.3, -0.25) is 9.59 Å². The van der Waals surface area contributed by atoms with Gasteiger partial charge < -0.3 is 15.7 Å². The van der Waals surface area contributed by atoms with Crippen molar-refractivity contribution in [1.82, 2.24) is 10.6 Å². The van der Waals surface area contributed by atoms with E-state index in [1.54, 1.807) is 0 Å². The molecule has 0 aliphatic heterocycles. The summed E-state index contributed by atoms with van der Waals surface area (Å²) in [5, 5.41) is 14.9. The van der Waals surface area contributed by atoms with Crippen LogP contribution in [-0.4, -0.2) is 36.1 Å². The molecule has 1 fully saturated rings. The average Bonchev–Trinajstić information content (AvgIpc) is 2.34. The Kier molecular flexibility index (Phi) is 6.12. The summed E-state index contributed by atoms with van der Waals surface area (Å²) in [7, 11) is 0. The zero-order valence-corrected chi connectivity index (χ0v) is 11.2. The second kappa shape index (κ2) is 7.36. The van der Waals surface area contributed by atoms with E-state index in [1.807, 2.05) is 0 Å². The third-order valence-corrected chi connectivity index (χ3v) is 3.34. The molecule has 0 aromatic carbocycles. The first-order chi connectivity index (χ1) is 8.49. The molecule has 5 nitrogen and oxygen atoms in total. The normalized spacial score (nSPS) is 23.9. The van der Waals surface area contributed by atoms with E-state index in [-0.39, 0.29) is 17.9 Å². The Hall–Kier alpha value is -1.10. The minimum Gasteiger partial charge on any atom is -0.481 e. The molecule has 0 spiro atoms.